The highest BCUT2D eigenvalue weighted by atomic mass is 19.4. The molecule has 1 fully saturated rings. The Morgan fingerprint density at radius 2 is 2.00 bits per heavy atom. The van der Waals surface area contributed by atoms with Crippen molar-refractivity contribution in [3.8, 4) is 5.75 Å². The van der Waals surface area contributed by atoms with Crippen molar-refractivity contribution >= 4 is 23.2 Å². The van der Waals surface area contributed by atoms with Crippen LogP contribution in [0.15, 0.2) is 53.6 Å². The number of hydrogen-bond acceptors (Lipinski definition) is 8. The van der Waals surface area contributed by atoms with Crippen molar-refractivity contribution in [2.75, 3.05) is 25.6 Å². The van der Waals surface area contributed by atoms with Gasteiger partial charge < -0.3 is 25.4 Å². The van der Waals surface area contributed by atoms with Gasteiger partial charge in [-0.05, 0) is 30.3 Å². The van der Waals surface area contributed by atoms with Crippen molar-refractivity contribution in [2.24, 2.45) is 0 Å². The fourth-order valence-electron chi connectivity index (χ4n) is 3.78. The molecule has 11 nitrogen and oxygen atoms in total. The highest BCUT2D eigenvalue weighted by Gasteiger charge is 2.44. The van der Waals surface area contributed by atoms with Crippen LogP contribution in [0.5, 0.6) is 5.75 Å². The average Bonchev–Trinajstić information content (AvgIpc) is 3.37. The number of aromatic amines is 1. The summed E-state index contributed by atoms with van der Waals surface area (Å²) in [6.07, 6.45) is -1.89. The van der Waals surface area contributed by atoms with Crippen molar-refractivity contribution in [3.05, 3.63) is 76.0 Å². The molecule has 14 heteroatoms. The summed E-state index contributed by atoms with van der Waals surface area (Å²) >= 11 is 0. The summed E-state index contributed by atoms with van der Waals surface area (Å²) in [4.78, 5) is 41.3. The number of H-pyrrole nitrogens is 1. The second-order valence-corrected chi connectivity index (χ2v) is 8.43. The van der Waals surface area contributed by atoms with E-state index in [2.05, 4.69) is 31.1 Å². The average molecular weight is 532 g/mol. The highest BCUT2D eigenvalue weighted by Crippen LogP contribution is 2.38. The van der Waals surface area contributed by atoms with E-state index >= 15 is 0 Å². The molecule has 4 rings (SSSR count). The fraction of sp³-hybridized carbons (Fsp3) is 0.292. The van der Waals surface area contributed by atoms with E-state index < -0.39 is 34.7 Å². The van der Waals surface area contributed by atoms with E-state index in [1.54, 1.807) is 0 Å². The minimum absolute atomic E-state index is 0.0110. The quantitative estimate of drug-likeness (QED) is 0.345. The zero-order valence-electron chi connectivity index (χ0n) is 20.0. The fourth-order valence-corrected chi connectivity index (χ4v) is 3.78. The number of methoxy groups -OCH3 is 1. The molecule has 1 atom stereocenters. The third kappa shape index (κ3) is 6.08. The van der Waals surface area contributed by atoms with Crippen LogP contribution >= 0.6 is 0 Å². The lowest BCUT2D eigenvalue weighted by Crippen LogP contribution is -2.59. The molecule has 1 unspecified atom stereocenters. The van der Waals surface area contributed by atoms with Gasteiger partial charge in [0, 0.05) is 19.1 Å². The van der Waals surface area contributed by atoms with Gasteiger partial charge in [-0.3, -0.25) is 19.4 Å². The van der Waals surface area contributed by atoms with Gasteiger partial charge in [-0.1, -0.05) is 0 Å². The van der Waals surface area contributed by atoms with Crippen molar-refractivity contribution in [3.63, 3.8) is 0 Å². The summed E-state index contributed by atoms with van der Waals surface area (Å²) in [6, 6.07) is 7.68. The molecule has 1 aliphatic rings. The first kappa shape index (κ1) is 26.6. The predicted octanol–water partition coefficient (Wildman–Crippen LogP) is 2.14. The van der Waals surface area contributed by atoms with Crippen LogP contribution < -0.4 is 26.2 Å². The molecule has 3 aromatic rings. The summed E-state index contributed by atoms with van der Waals surface area (Å²) in [6.45, 7) is 0.158. The number of alkyl halides is 3. The Labute approximate surface area is 213 Å². The van der Waals surface area contributed by atoms with Gasteiger partial charge in [0.2, 0.25) is 5.91 Å². The molecule has 0 radical (unpaired) electrons. The monoisotopic (exact) mass is 532 g/mol. The maximum absolute atomic E-state index is 13.5. The smallest absolute Gasteiger partial charge is 0.418 e. The van der Waals surface area contributed by atoms with Crippen LogP contribution in [0.2, 0.25) is 0 Å². The van der Waals surface area contributed by atoms with Gasteiger partial charge in [0.25, 0.3) is 11.5 Å². The van der Waals surface area contributed by atoms with Crippen molar-refractivity contribution in [1.29, 1.82) is 0 Å². The lowest BCUT2D eigenvalue weighted by molar-refractivity contribution is -0.137. The van der Waals surface area contributed by atoms with E-state index in [1.165, 1.54) is 43.8 Å². The van der Waals surface area contributed by atoms with Crippen LogP contribution in [0.3, 0.4) is 0 Å². The Kier molecular flexibility index (Phi) is 7.62. The molecule has 200 valence electrons. The van der Waals surface area contributed by atoms with E-state index in [0.717, 1.165) is 12.1 Å². The first-order chi connectivity index (χ1) is 18.1. The van der Waals surface area contributed by atoms with E-state index in [0.29, 0.717) is 11.4 Å². The third-order valence-corrected chi connectivity index (χ3v) is 5.80. The maximum Gasteiger partial charge on any atom is 0.418 e. The summed E-state index contributed by atoms with van der Waals surface area (Å²) in [5, 5.41) is 13.8. The summed E-state index contributed by atoms with van der Waals surface area (Å²) in [5.74, 6) is -1.10. The van der Waals surface area contributed by atoms with E-state index in [1.807, 2.05) is 0 Å². The molecule has 38 heavy (non-hydrogen) atoms. The Hall–Kier alpha value is -4.46. The topological polar surface area (TPSA) is 147 Å². The molecule has 2 amide bonds. The number of nitrogens with zero attached hydrogens (tertiary/aromatic N) is 2. The van der Waals surface area contributed by atoms with Crippen LogP contribution in [0, 0.1) is 0 Å². The minimum atomic E-state index is -4.60. The van der Waals surface area contributed by atoms with Crippen LogP contribution in [0.4, 0.5) is 24.5 Å². The number of carbonyl (C=O) groups excluding carboxylic acids is 2. The van der Waals surface area contributed by atoms with E-state index in [9.17, 15) is 27.6 Å². The molecular weight excluding hydrogens is 509 g/mol. The Balaban J connectivity index is 1.41. The highest BCUT2D eigenvalue weighted by molar-refractivity contribution is 5.99. The molecule has 2 aromatic heterocycles. The number of amides is 2. The van der Waals surface area contributed by atoms with Crippen LogP contribution in [-0.2, 0) is 22.3 Å². The van der Waals surface area contributed by atoms with Gasteiger partial charge in [-0.2, -0.15) is 18.3 Å². The van der Waals surface area contributed by atoms with Crippen molar-refractivity contribution in [1.82, 2.24) is 25.8 Å². The Morgan fingerprint density at radius 3 is 2.63 bits per heavy atom. The number of benzene rings is 1. The lowest BCUT2D eigenvalue weighted by Gasteiger charge is -2.27. The summed E-state index contributed by atoms with van der Waals surface area (Å²) in [7, 11) is 1.28. The number of anilines is 2. The van der Waals surface area contributed by atoms with Gasteiger partial charge >= 0.3 is 6.18 Å². The first-order valence-corrected chi connectivity index (χ1v) is 11.3. The molecule has 1 aliphatic heterocycles. The number of rotatable bonds is 8. The number of halogens is 3. The molecule has 0 saturated carbocycles. The molecule has 1 aromatic carbocycles. The van der Waals surface area contributed by atoms with E-state index in [4.69, 9.17) is 9.47 Å². The molecular formula is C24H23F3N6O5. The summed E-state index contributed by atoms with van der Waals surface area (Å²) < 4.78 is 50.6. The molecule has 0 spiro atoms. The Bertz CT molecular complexity index is 1370. The molecule has 3 heterocycles. The zero-order valence-corrected chi connectivity index (χ0v) is 20.0. The van der Waals surface area contributed by atoms with E-state index in [-0.39, 0.29) is 43.2 Å². The number of nitrogens with one attached hydrogen (secondary N) is 4. The second-order valence-electron chi connectivity index (χ2n) is 8.43. The Morgan fingerprint density at radius 1 is 1.18 bits per heavy atom. The second kappa shape index (κ2) is 10.9. The predicted molar refractivity (Wildman–Crippen MR) is 128 cm³/mol. The number of carbonyl (C=O) groups is 2. The number of pyridine rings is 1. The molecule has 0 bridgehead atoms. The third-order valence-electron chi connectivity index (χ3n) is 5.80. The minimum Gasteiger partial charge on any atom is -0.497 e. The van der Waals surface area contributed by atoms with Crippen LogP contribution in [-0.4, -0.2) is 52.9 Å². The van der Waals surface area contributed by atoms with Gasteiger partial charge in [-0.15, -0.1) is 0 Å². The zero-order chi connectivity index (χ0) is 27.3. The van der Waals surface area contributed by atoms with Crippen LogP contribution in [0.1, 0.15) is 28.0 Å². The van der Waals surface area contributed by atoms with Crippen molar-refractivity contribution in [2.45, 2.75) is 24.7 Å². The van der Waals surface area contributed by atoms with Gasteiger partial charge in [0.15, 0.2) is 0 Å². The summed E-state index contributed by atoms with van der Waals surface area (Å²) in [5.41, 5.74) is -2.27. The largest absolute Gasteiger partial charge is 0.497 e. The lowest BCUT2D eigenvalue weighted by atomic mass is 9.96. The molecule has 0 aliphatic carbocycles. The molecule has 1 saturated heterocycles. The maximum atomic E-state index is 13.5. The van der Waals surface area contributed by atoms with Gasteiger partial charge in [-0.25, -0.2) is 5.10 Å². The SMILES string of the molecule is COc1ccc(Nc2ccc(CNC(=O)C3(NC(=O)c4cn[nH]c(=O)c4)CCOC3)nc2)c(C(F)(F)F)c1. The van der Waals surface area contributed by atoms with Gasteiger partial charge in [0.05, 0.1) is 60.9 Å². The number of aromatic nitrogens is 3. The number of hydrogen-bond donors (Lipinski definition) is 4. The van der Waals surface area contributed by atoms with Crippen LogP contribution in [0.25, 0.3) is 0 Å². The first-order valence-electron chi connectivity index (χ1n) is 11.3. The standard InChI is InChI=1S/C24H23F3N6O5/c1-37-17-4-5-19(18(9-17)24(25,26)27)31-16-3-2-15(28-12-16)11-29-22(36)23(6-7-38-13-23)32-21(35)14-8-20(34)33-30-10-14/h2-5,8-10,12,31H,6-7,11,13H2,1H3,(H,29,36)(H,32,35)(H,33,34). The van der Waals surface area contributed by atoms with Gasteiger partial charge in [0.1, 0.15) is 11.3 Å². The normalized spacial score (nSPS) is 17.1. The number of ether oxygens (including phenoxy) is 2. The molecule has 4 N–H and O–H groups in total. The van der Waals surface area contributed by atoms with Crippen molar-refractivity contribution < 1.29 is 32.2 Å².